The van der Waals surface area contributed by atoms with E-state index in [0.29, 0.717) is 6.42 Å². The number of guanidine groups is 1. The second-order valence-corrected chi connectivity index (χ2v) is 7.61. The molecule has 1 atom stereocenters. The van der Waals surface area contributed by atoms with Crippen molar-refractivity contribution in [2.75, 3.05) is 13.6 Å². The van der Waals surface area contributed by atoms with E-state index in [9.17, 15) is 4.39 Å². The molecule has 0 amide bonds. The van der Waals surface area contributed by atoms with Gasteiger partial charge in [0.15, 0.2) is 11.8 Å². The number of halogens is 2. The molecule has 1 aliphatic heterocycles. The number of hydrogen-bond donors (Lipinski definition) is 2. The fraction of sp³-hybridized carbons (Fsp3) is 0.526. The summed E-state index contributed by atoms with van der Waals surface area (Å²) in [5.74, 6) is 2.59. The van der Waals surface area contributed by atoms with Crippen molar-refractivity contribution in [3.63, 3.8) is 0 Å². The molecule has 2 aromatic rings. The minimum Gasteiger partial charge on any atom is -0.356 e. The minimum atomic E-state index is -0.163. The summed E-state index contributed by atoms with van der Waals surface area (Å²) < 4.78 is 16.6. The van der Waals surface area contributed by atoms with Gasteiger partial charge in [-0.1, -0.05) is 28.9 Å². The molecule has 0 aliphatic carbocycles. The van der Waals surface area contributed by atoms with E-state index in [1.54, 1.807) is 7.05 Å². The Morgan fingerprint density at radius 3 is 3.04 bits per heavy atom. The number of nitrogens with zero attached hydrogens (tertiary/aromatic N) is 4. The molecule has 146 valence electrons. The standard InChI is InChI=1S/C19H26BrFN6/c1-3-17-25-18-9-8-15(12-27(18)26-17)24-19(22-2)23-10-4-5-13-6-7-14(20)11-16(13)21/h6-7,11,15H,3-5,8-10,12H2,1-2H3,(H2,22,23,24). The Balaban J connectivity index is 1.44. The topological polar surface area (TPSA) is 67.1 Å². The van der Waals surface area contributed by atoms with Crippen molar-refractivity contribution < 1.29 is 4.39 Å². The maximum atomic E-state index is 13.9. The fourth-order valence-corrected chi connectivity index (χ4v) is 3.56. The monoisotopic (exact) mass is 436 g/mol. The summed E-state index contributed by atoms with van der Waals surface area (Å²) in [5, 5.41) is 11.3. The number of nitrogens with one attached hydrogen (secondary N) is 2. The predicted octanol–water partition coefficient (Wildman–Crippen LogP) is 2.85. The first-order valence-electron chi connectivity index (χ1n) is 9.42. The maximum absolute atomic E-state index is 13.9. The molecule has 6 nitrogen and oxygen atoms in total. The van der Waals surface area contributed by atoms with Crippen molar-refractivity contribution in [3.05, 3.63) is 45.7 Å². The Kier molecular flexibility index (Phi) is 6.82. The van der Waals surface area contributed by atoms with Crippen molar-refractivity contribution in [2.45, 2.75) is 51.6 Å². The molecular weight excluding hydrogens is 411 g/mol. The number of hydrogen-bond acceptors (Lipinski definition) is 3. The van der Waals surface area contributed by atoms with E-state index < -0.39 is 0 Å². The lowest BCUT2D eigenvalue weighted by Crippen LogP contribution is -2.47. The smallest absolute Gasteiger partial charge is 0.191 e. The van der Waals surface area contributed by atoms with Crippen LogP contribution >= 0.6 is 15.9 Å². The second kappa shape index (κ2) is 9.30. The largest absolute Gasteiger partial charge is 0.356 e. The normalized spacial score (nSPS) is 16.9. The van der Waals surface area contributed by atoms with E-state index in [2.05, 4.69) is 48.6 Å². The van der Waals surface area contributed by atoms with Gasteiger partial charge in [0.1, 0.15) is 11.6 Å². The summed E-state index contributed by atoms with van der Waals surface area (Å²) in [6, 6.07) is 5.49. The van der Waals surface area contributed by atoms with Gasteiger partial charge in [0.05, 0.1) is 6.54 Å². The van der Waals surface area contributed by atoms with Crippen LogP contribution in [0, 0.1) is 5.82 Å². The van der Waals surface area contributed by atoms with Gasteiger partial charge in [-0.2, -0.15) is 5.10 Å². The van der Waals surface area contributed by atoms with Crippen LogP contribution in [0.3, 0.4) is 0 Å². The van der Waals surface area contributed by atoms with E-state index in [1.807, 2.05) is 16.8 Å². The lowest BCUT2D eigenvalue weighted by Gasteiger charge is -2.25. The number of aliphatic imine (C=N–C) groups is 1. The van der Waals surface area contributed by atoms with Crippen LogP contribution in [-0.4, -0.2) is 40.4 Å². The van der Waals surface area contributed by atoms with Gasteiger partial charge in [-0.15, -0.1) is 0 Å². The quantitative estimate of drug-likeness (QED) is 0.415. The summed E-state index contributed by atoms with van der Waals surface area (Å²) in [6.07, 6.45) is 4.31. The predicted molar refractivity (Wildman–Crippen MR) is 108 cm³/mol. The number of benzene rings is 1. The van der Waals surface area contributed by atoms with Crippen LogP contribution in [0.2, 0.25) is 0 Å². The minimum absolute atomic E-state index is 0.163. The zero-order chi connectivity index (χ0) is 19.2. The van der Waals surface area contributed by atoms with Crippen LogP contribution in [-0.2, 0) is 25.8 Å². The molecule has 27 heavy (non-hydrogen) atoms. The molecule has 1 aromatic carbocycles. The third kappa shape index (κ3) is 5.28. The third-order valence-corrected chi connectivity index (χ3v) is 5.21. The highest BCUT2D eigenvalue weighted by atomic mass is 79.9. The highest BCUT2D eigenvalue weighted by Gasteiger charge is 2.21. The van der Waals surface area contributed by atoms with Gasteiger partial charge >= 0.3 is 0 Å². The van der Waals surface area contributed by atoms with Crippen LogP contribution in [0.5, 0.6) is 0 Å². The first-order valence-corrected chi connectivity index (χ1v) is 10.2. The maximum Gasteiger partial charge on any atom is 0.191 e. The van der Waals surface area contributed by atoms with Gasteiger partial charge in [-0.3, -0.25) is 4.99 Å². The van der Waals surface area contributed by atoms with E-state index >= 15 is 0 Å². The highest BCUT2D eigenvalue weighted by Crippen LogP contribution is 2.16. The van der Waals surface area contributed by atoms with Crippen LogP contribution in [0.15, 0.2) is 27.7 Å². The second-order valence-electron chi connectivity index (χ2n) is 6.70. The first kappa shape index (κ1) is 19.8. The highest BCUT2D eigenvalue weighted by molar-refractivity contribution is 9.10. The van der Waals surface area contributed by atoms with Gasteiger partial charge in [0, 0.05) is 36.9 Å². The molecule has 0 saturated carbocycles. The van der Waals surface area contributed by atoms with Crippen LogP contribution in [0.1, 0.15) is 37.0 Å². The lowest BCUT2D eigenvalue weighted by molar-refractivity contribution is 0.392. The first-order chi connectivity index (χ1) is 13.1. The molecule has 1 aliphatic rings. The summed E-state index contributed by atoms with van der Waals surface area (Å²) in [4.78, 5) is 8.85. The number of rotatable bonds is 6. The summed E-state index contributed by atoms with van der Waals surface area (Å²) in [5.41, 5.74) is 0.737. The Morgan fingerprint density at radius 2 is 2.30 bits per heavy atom. The van der Waals surface area contributed by atoms with E-state index in [0.717, 1.165) is 66.4 Å². The van der Waals surface area contributed by atoms with Crippen molar-refractivity contribution in [1.82, 2.24) is 25.4 Å². The molecule has 0 fully saturated rings. The van der Waals surface area contributed by atoms with Crippen LogP contribution in [0.4, 0.5) is 4.39 Å². The Hall–Kier alpha value is -1.96. The van der Waals surface area contributed by atoms with Gasteiger partial charge in [-0.05, 0) is 37.0 Å². The molecule has 8 heteroatoms. The van der Waals surface area contributed by atoms with Gasteiger partial charge in [-0.25, -0.2) is 14.1 Å². The van der Waals surface area contributed by atoms with E-state index in [-0.39, 0.29) is 11.9 Å². The molecule has 2 heterocycles. The third-order valence-electron chi connectivity index (χ3n) is 4.71. The van der Waals surface area contributed by atoms with E-state index in [4.69, 9.17) is 0 Å². The van der Waals surface area contributed by atoms with Gasteiger partial charge in [0.25, 0.3) is 0 Å². The summed E-state index contributed by atoms with van der Waals surface area (Å²) in [6.45, 7) is 3.60. The van der Waals surface area contributed by atoms with Crippen molar-refractivity contribution in [2.24, 2.45) is 4.99 Å². The molecule has 0 radical (unpaired) electrons. The summed E-state index contributed by atoms with van der Waals surface area (Å²) >= 11 is 3.28. The molecule has 0 saturated heterocycles. The van der Waals surface area contributed by atoms with E-state index in [1.165, 1.54) is 6.07 Å². The van der Waals surface area contributed by atoms with Crippen LogP contribution < -0.4 is 10.6 Å². The van der Waals surface area contributed by atoms with Gasteiger partial charge in [0.2, 0.25) is 0 Å². The van der Waals surface area contributed by atoms with Crippen molar-refractivity contribution in [1.29, 1.82) is 0 Å². The zero-order valence-corrected chi connectivity index (χ0v) is 17.4. The zero-order valence-electron chi connectivity index (χ0n) is 15.8. The number of aryl methyl sites for hydroxylation is 3. The molecule has 2 N–H and O–H groups in total. The van der Waals surface area contributed by atoms with Crippen molar-refractivity contribution in [3.8, 4) is 0 Å². The molecular formula is C19H26BrFN6. The molecule has 0 bridgehead atoms. The lowest BCUT2D eigenvalue weighted by atomic mass is 10.1. The number of aromatic nitrogens is 3. The average molecular weight is 437 g/mol. The molecule has 3 rings (SSSR count). The SMILES string of the molecule is CCc1nc2n(n1)CC(NC(=NC)NCCCc1ccc(Br)cc1F)CC2. The molecule has 1 aromatic heterocycles. The Bertz CT molecular complexity index is 803. The Labute approximate surface area is 167 Å². The van der Waals surface area contributed by atoms with Crippen LogP contribution in [0.25, 0.3) is 0 Å². The molecule has 0 spiro atoms. The summed E-state index contributed by atoms with van der Waals surface area (Å²) in [7, 11) is 1.77. The number of fused-ring (bicyclic) bond motifs is 1. The average Bonchev–Trinajstić information content (AvgIpc) is 3.08. The Morgan fingerprint density at radius 1 is 1.44 bits per heavy atom. The van der Waals surface area contributed by atoms with Gasteiger partial charge < -0.3 is 10.6 Å². The van der Waals surface area contributed by atoms with Crippen molar-refractivity contribution >= 4 is 21.9 Å². The fourth-order valence-electron chi connectivity index (χ4n) is 3.23. The molecule has 1 unspecified atom stereocenters.